The van der Waals surface area contributed by atoms with Crippen molar-refractivity contribution in [3.63, 3.8) is 0 Å². The van der Waals surface area contributed by atoms with Gasteiger partial charge in [-0.2, -0.15) is 0 Å². The summed E-state index contributed by atoms with van der Waals surface area (Å²) < 4.78 is 0. The van der Waals surface area contributed by atoms with Gasteiger partial charge in [-0.3, -0.25) is 4.79 Å². The molecule has 110 valence electrons. The van der Waals surface area contributed by atoms with Gasteiger partial charge in [0.05, 0.1) is 10.6 Å². The molecule has 4 nitrogen and oxygen atoms in total. The predicted octanol–water partition coefficient (Wildman–Crippen LogP) is 2.68. The van der Waals surface area contributed by atoms with E-state index < -0.39 is 5.54 Å². The van der Waals surface area contributed by atoms with E-state index in [0.29, 0.717) is 17.3 Å². The maximum atomic E-state index is 12.0. The van der Waals surface area contributed by atoms with Crippen molar-refractivity contribution < 1.29 is 4.79 Å². The molecule has 0 aromatic carbocycles. The zero-order chi connectivity index (χ0) is 13.1. The average molecular weight is 329 g/mol. The van der Waals surface area contributed by atoms with Crippen LogP contribution in [0.15, 0.2) is 18.3 Å². The fourth-order valence-electron chi connectivity index (χ4n) is 1.26. The van der Waals surface area contributed by atoms with Crippen LogP contribution < -0.4 is 11.1 Å². The highest BCUT2D eigenvalue weighted by Crippen LogP contribution is 2.15. The van der Waals surface area contributed by atoms with Crippen LogP contribution in [-0.2, 0) is 0 Å². The van der Waals surface area contributed by atoms with E-state index in [1.54, 1.807) is 12.1 Å². The number of nitrogens with zero attached hydrogens (tertiary/aromatic N) is 1. The van der Waals surface area contributed by atoms with E-state index in [1.165, 1.54) is 6.20 Å². The number of carbonyl (C=O) groups excluding carboxylic acids is 1. The molecule has 0 saturated heterocycles. The van der Waals surface area contributed by atoms with Gasteiger partial charge in [0.15, 0.2) is 0 Å². The Labute approximate surface area is 131 Å². The van der Waals surface area contributed by atoms with Gasteiger partial charge in [-0.25, -0.2) is 4.98 Å². The Kier molecular flexibility index (Phi) is 9.38. The molecule has 0 aliphatic carbocycles. The molecule has 3 N–H and O–H groups in total. The second kappa shape index (κ2) is 8.59. The first kappa shape index (κ1) is 20.8. The van der Waals surface area contributed by atoms with Crippen LogP contribution in [0.1, 0.15) is 31.3 Å². The maximum Gasteiger partial charge on any atom is 0.270 e. The zero-order valence-corrected chi connectivity index (χ0v) is 13.5. The van der Waals surface area contributed by atoms with Crippen molar-refractivity contribution in [1.29, 1.82) is 0 Å². The Morgan fingerprint density at radius 1 is 1.47 bits per heavy atom. The Balaban J connectivity index is 0. The lowest BCUT2D eigenvalue weighted by Gasteiger charge is -2.33. The van der Waals surface area contributed by atoms with Crippen molar-refractivity contribution in [2.24, 2.45) is 11.7 Å². The van der Waals surface area contributed by atoms with Crippen molar-refractivity contribution in [2.75, 3.05) is 6.54 Å². The number of rotatable bonds is 4. The molecule has 1 amide bonds. The molecule has 0 aliphatic heterocycles. The van der Waals surface area contributed by atoms with Gasteiger partial charge in [0.2, 0.25) is 0 Å². The van der Waals surface area contributed by atoms with Gasteiger partial charge in [0.25, 0.3) is 5.91 Å². The summed E-state index contributed by atoms with van der Waals surface area (Å²) in [4.78, 5) is 15.9. The summed E-state index contributed by atoms with van der Waals surface area (Å²) in [6.07, 6.45) is 1.45. The van der Waals surface area contributed by atoms with Gasteiger partial charge >= 0.3 is 0 Å². The normalized spacial score (nSPS) is 12.9. The molecular formula is C12H20Cl3N3O. The summed E-state index contributed by atoms with van der Waals surface area (Å²) in [5.41, 5.74) is 5.61. The van der Waals surface area contributed by atoms with Crippen LogP contribution in [0.4, 0.5) is 0 Å². The fraction of sp³-hybridized carbons (Fsp3) is 0.500. The number of nitrogens with one attached hydrogen (secondary N) is 1. The Bertz CT molecular complexity index is 398. The first-order valence-electron chi connectivity index (χ1n) is 5.53. The number of hydrogen-bond acceptors (Lipinski definition) is 3. The third-order valence-electron chi connectivity index (χ3n) is 3.06. The minimum Gasteiger partial charge on any atom is -0.344 e. The van der Waals surface area contributed by atoms with Crippen LogP contribution in [-0.4, -0.2) is 23.0 Å². The molecule has 0 fully saturated rings. The number of aromatic nitrogens is 1. The number of carbonyl (C=O) groups is 1. The van der Waals surface area contributed by atoms with E-state index in [2.05, 4.69) is 10.3 Å². The highest BCUT2D eigenvalue weighted by molar-refractivity contribution is 6.30. The molecule has 1 unspecified atom stereocenters. The summed E-state index contributed by atoms with van der Waals surface area (Å²) in [6.45, 7) is 6.33. The molecule has 0 radical (unpaired) electrons. The average Bonchev–Trinajstić information content (AvgIpc) is 2.29. The standard InChI is InChI=1S/C12H18ClN3O.2ClH/c1-8(2)12(3,7-14)16-11(17)10-5-4-9(13)6-15-10;;/h4-6,8H,7,14H2,1-3H3,(H,16,17);2*1H. The topological polar surface area (TPSA) is 68.0 Å². The van der Waals surface area contributed by atoms with Gasteiger partial charge < -0.3 is 11.1 Å². The van der Waals surface area contributed by atoms with Crippen LogP contribution >= 0.6 is 36.4 Å². The minimum atomic E-state index is -0.432. The quantitative estimate of drug-likeness (QED) is 0.893. The van der Waals surface area contributed by atoms with E-state index in [0.717, 1.165) is 0 Å². The summed E-state index contributed by atoms with van der Waals surface area (Å²) >= 11 is 5.71. The third kappa shape index (κ3) is 5.53. The lowest BCUT2D eigenvalue weighted by atomic mass is 9.88. The van der Waals surface area contributed by atoms with Crippen molar-refractivity contribution in [3.05, 3.63) is 29.0 Å². The first-order valence-corrected chi connectivity index (χ1v) is 5.91. The number of pyridine rings is 1. The van der Waals surface area contributed by atoms with Gasteiger partial charge in [-0.1, -0.05) is 25.4 Å². The summed E-state index contributed by atoms with van der Waals surface area (Å²) in [5, 5.41) is 3.42. The molecule has 1 heterocycles. The number of halogens is 3. The van der Waals surface area contributed by atoms with E-state index in [4.69, 9.17) is 17.3 Å². The van der Waals surface area contributed by atoms with Crippen molar-refractivity contribution in [3.8, 4) is 0 Å². The molecule has 0 saturated carbocycles. The monoisotopic (exact) mass is 327 g/mol. The van der Waals surface area contributed by atoms with Crippen molar-refractivity contribution in [1.82, 2.24) is 10.3 Å². The largest absolute Gasteiger partial charge is 0.344 e. The van der Waals surface area contributed by atoms with E-state index in [9.17, 15) is 4.79 Å². The van der Waals surface area contributed by atoms with Gasteiger partial charge in [-0.15, -0.1) is 24.8 Å². The van der Waals surface area contributed by atoms with E-state index in [1.807, 2.05) is 20.8 Å². The van der Waals surface area contributed by atoms with E-state index in [-0.39, 0.29) is 36.6 Å². The molecule has 1 aromatic rings. The zero-order valence-electron chi connectivity index (χ0n) is 11.1. The Hall–Kier alpha value is -0.550. The molecule has 0 spiro atoms. The van der Waals surface area contributed by atoms with Crippen LogP contribution in [0.25, 0.3) is 0 Å². The van der Waals surface area contributed by atoms with Crippen LogP contribution in [0.5, 0.6) is 0 Å². The highest BCUT2D eigenvalue weighted by atomic mass is 35.5. The fourth-order valence-corrected chi connectivity index (χ4v) is 1.38. The number of nitrogens with two attached hydrogens (primary N) is 1. The predicted molar refractivity (Wildman–Crippen MR) is 83.5 cm³/mol. The molecule has 0 aliphatic rings. The van der Waals surface area contributed by atoms with Crippen molar-refractivity contribution >= 4 is 42.3 Å². The van der Waals surface area contributed by atoms with E-state index >= 15 is 0 Å². The van der Waals surface area contributed by atoms with Gasteiger partial charge in [0, 0.05) is 12.7 Å². The lowest BCUT2D eigenvalue weighted by Crippen LogP contribution is -2.55. The molecule has 1 atom stereocenters. The minimum absolute atomic E-state index is 0. The maximum absolute atomic E-state index is 12.0. The second-order valence-corrected chi connectivity index (χ2v) is 5.03. The lowest BCUT2D eigenvalue weighted by molar-refractivity contribution is 0.0878. The summed E-state index contributed by atoms with van der Waals surface area (Å²) in [6, 6.07) is 3.23. The Morgan fingerprint density at radius 2 is 2.05 bits per heavy atom. The highest BCUT2D eigenvalue weighted by Gasteiger charge is 2.29. The SMILES string of the molecule is CC(C)C(C)(CN)NC(=O)c1ccc(Cl)cn1.Cl.Cl. The number of amides is 1. The molecule has 7 heteroatoms. The molecular weight excluding hydrogens is 309 g/mol. The molecule has 0 bridgehead atoms. The van der Waals surface area contributed by atoms with Crippen LogP contribution in [0.3, 0.4) is 0 Å². The Morgan fingerprint density at radius 3 is 2.42 bits per heavy atom. The third-order valence-corrected chi connectivity index (χ3v) is 3.28. The summed E-state index contributed by atoms with van der Waals surface area (Å²) in [5.74, 6) is 0.00654. The smallest absolute Gasteiger partial charge is 0.270 e. The van der Waals surface area contributed by atoms with Gasteiger partial charge in [-0.05, 0) is 25.0 Å². The van der Waals surface area contributed by atoms with Crippen LogP contribution in [0.2, 0.25) is 5.02 Å². The van der Waals surface area contributed by atoms with Crippen LogP contribution in [0, 0.1) is 5.92 Å². The molecule has 1 rings (SSSR count). The summed E-state index contributed by atoms with van der Waals surface area (Å²) in [7, 11) is 0. The second-order valence-electron chi connectivity index (χ2n) is 4.59. The van der Waals surface area contributed by atoms with Gasteiger partial charge in [0.1, 0.15) is 5.69 Å². The van der Waals surface area contributed by atoms with Crippen molar-refractivity contribution in [2.45, 2.75) is 26.3 Å². The number of hydrogen-bond donors (Lipinski definition) is 2. The molecule has 1 aromatic heterocycles. The molecule has 19 heavy (non-hydrogen) atoms. The first-order chi connectivity index (χ1) is 7.89.